The molecule has 0 fully saturated rings. The van der Waals surface area contributed by atoms with Crippen LogP contribution in [-0.4, -0.2) is 57.5 Å². The summed E-state index contributed by atoms with van der Waals surface area (Å²) in [5, 5.41) is 34.9. The maximum atomic E-state index is 8.79. The summed E-state index contributed by atoms with van der Waals surface area (Å²) in [6, 6.07) is 0. The highest BCUT2D eigenvalue weighted by atomic mass is 16.3. The summed E-state index contributed by atoms with van der Waals surface area (Å²) in [5.74, 6) is 0. The molecule has 0 aliphatic carbocycles. The molecule has 0 spiro atoms. The van der Waals surface area contributed by atoms with Crippen molar-refractivity contribution < 1.29 is 20.4 Å². The fourth-order valence-electron chi connectivity index (χ4n) is 0.636. The van der Waals surface area contributed by atoms with Gasteiger partial charge in [-0.15, -0.1) is 0 Å². The molecule has 0 atom stereocenters. The van der Waals surface area contributed by atoms with E-state index in [9.17, 15) is 0 Å². The average molecular weight is 165 g/mol. The summed E-state index contributed by atoms with van der Waals surface area (Å²) >= 11 is 0. The fourth-order valence-corrected chi connectivity index (χ4v) is 0.636. The lowest BCUT2D eigenvalue weighted by molar-refractivity contribution is -0.0862. The van der Waals surface area contributed by atoms with Crippen molar-refractivity contribution in [2.75, 3.05) is 26.7 Å². The molecule has 0 aromatic rings. The molecule has 0 amide bonds. The van der Waals surface area contributed by atoms with Crippen LogP contribution in [0, 0.1) is 0 Å². The molecule has 0 saturated carbocycles. The average Bonchev–Trinajstić information content (AvgIpc) is 2.06. The highest BCUT2D eigenvalue weighted by Crippen LogP contribution is 2.11. The number of aliphatic hydroxyl groups excluding tert-OH is 4. The van der Waals surface area contributed by atoms with E-state index < -0.39 is 19.0 Å². The van der Waals surface area contributed by atoms with Crippen LogP contribution in [0.3, 0.4) is 0 Å². The first kappa shape index (κ1) is 10.8. The van der Waals surface area contributed by atoms with Gasteiger partial charge in [0.1, 0.15) is 0 Å². The van der Waals surface area contributed by atoms with Crippen LogP contribution in [0.5, 0.6) is 0 Å². The minimum atomic E-state index is -0.955. The van der Waals surface area contributed by atoms with E-state index in [1.807, 2.05) is 0 Å². The Morgan fingerprint density at radius 2 is 1.36 bits per heavy atom. The molecule has 0 aromatic carbocycles. The zero-order valence-electron chi connectivity index (χ0n) is 6.56. The van der Waals surface area contributed by atoms with Gasteiger partial charge in [0.15, 0.2) is 0 Å². The highest BCUT2D eigenvalue weighted by Gasteiger charge is 2.29. The third-order valence-electron chi connectivity index (χ3n) is 1.79. The molecule has 0 bridgehead atoms. The predicted octanol–water partition coefficient (Wildman–Crippen LogP) is -2.07. The molecular weight excluding hydrogens is 150 g/mol. The smallest absolute Gasteiger partial charge is 0.0980 e. The van der Waals surface area contributed by atoms with Crippen LogP contribution < -0.4 is 0 Å². The van der Waals surface area contributed by atoms with Crippen molar-refractivity contribution in [2.24, 2.45) is 0 Å². The first-order valence-electron chi connectivity index (χ1n) is 3.33. The highest BCUT2D eigenvalue weighted by molar-refractivity contribution is 4.81. The third-order valence-corrected chi connectivity index (χ3v) is 1.79. The zero-order chi connectivity index (χ0) is 8.91. The second kappa shape index (κ2) is 4.63. The minimum absolute atomic E-state index is 0.315. The summed E-state index contributed by atoms with van der Waals surface area (Å²) in [7, 11) is 0. The number of hydrogen-bond acceptors (Lipinski definition) is 5. The van der Waals surface area contributed by atoms with Crippen molar-refractivity contribution in [3.05, 3.63) is 0 Å². The van der Waals surface area contributed by atoms with Gasteiger partial charge >= 0.3 is 0 Å². The summed E-state index contributed by atoms with van der Waals surface area (Å²) in [6.45, 7) is 0.122. The maximum Gasteiger partial charge on any atom is 0.0980 e. The number of nitrogens with zero attached hydrogens (tertiary/aromatic N) is 1. The largest absolute Gasteiger partial charge is 0.394 e. The normalized spacial score (nSPS) is 12.5. The minimum Gasteiger partial charge on any atom is -0.394 e. The van der Waals surface area contributed by atoms with Crippen molar-refractivity contribution in [3.8, 4) is 0 Å². The van der Waals surface area contributed by atoms with Crippen molar-refractivity contribution in [1.82, 2.24) is 4.90 Å². The molecule has 0 saturated heterocycles. The van der Waals surface area contributed by atoms with E-state index in [1.54, 1.807) is 6.92 Å². The molecule has 0 unspecified atom stereocenters. The van der Waals surface area contributed by atoms with E-state index in [0.29, 0.717) is 0 Å². The molecule has 11 heavy (non-hydrogen) atoms. The molecule has 0 rings (SSSR count). The van der Waals surface area contributed by atoms with Crippen molar-refractivity contribution in [2.45, 2.75) is 12.5 Å². The van der Waals surface area contributed by atoms with Gasteiger partial charge in [0.05, 0.1) is 32.2 Å². The van der Waals surface area contributed by atoms with Crippen LogP contribution in [0.1, 0.15) is 6.92 Å². The molecule has 0 aromatic heterocycles. The molecule has 68 valence electrons. The summed E-state index contributed by atoms with van der Waals surface area (Å²) in [6.07, 6.45) is 0. The molecule has 4 N–H and O–H groups in total. The van der Waals surface area contributed by atoms with Gasteiger partial charge in [0.2, 0.25) is 0 Å². The lowest BCUT2D eigenvalue weighted by Gasteiger charge is -2.35. The Kier molecular flexibility index (Phi) is 4.55. The van der Waals surface area contributed by atoms with Crippen molar-refractivity contribution >= 4 is 0 Å². The zero-order valence-corrected chi connectivity index (χ0v) is 6.56. The van der Waals surface area contributed by atoms with Gasteiger partial charge in [-0.2, -0.15) is 0 Å². The van der Waals surface area contributed by atoms with Crippen LogP contribution >= 0.6 is 0 Å². The Bertz CT molecular complexity index is 101. The molecular formula is C6H15NO4. The molecule has 5 heteroatoms. The Hall–Kier alpha value is -0.200. The van der Waals surface area contributed by atoms with Gasteiger partial charge in [0.25, 0.3) is 0 Å². The molecule has 0 aliphatic heterocycles. The van der Waals surface area contributed by atoms with E-state index in [-0.39, 0.29) is 13.2 Å². The van der Waals surface area contributed by atoms with E-state index in [1.165, 1.54) is 0 Å². The summed E-state index contributed by atoms with van der Waals surface area (Å²) in [4.78, 5) is 1.16. The van der Waals surface area contributed by atoms with E-state index >= 15 is 0 Å². The maximum absolute atomic E-state index is 8.79. The van der Waals surface area contributed by atoms with Gasteiger partial charge in [-0.1, -0.05) is 0 Å². The van der Waals surface area contributed by atoms with Gasteiger partial charge < -0.3 is 20.4 Å². The van der Waals surface area contributed by atoms with Crippen molar-refractivity contribution in [1.29, 1.82) is 0 Å². The number of rotatable bonds is 5. The first-order valence-corrected chi connectivity index (χ1v) is 3.33. The fraction of sp³-hybridized carbons (Fsp3) is 1.00. The third kappa shape index (κ3) is 2.39. The van der Waals surface area contributed by atoms with Crippen LogP contribution in [0.25, 0.3) is 0 Å². The van der Waals surface area contributed by atoms with E-state index in [4.69, 9.17) is 20.4 Å². The van der Waals surface area contributed by atoms with E-state index in [2.05, 4.69) is 0 Å². The van der Waals surface area contributed by atoms with Gasteiger partial charge in [0, 0.05) is 0 Å². The van der Waals surface area contributed by atoms with Crippen LogP contribution in [0.2, 0.25) is 0 Å². The number of aliphatic hydroxyl groups is 4. The van der Waals surface area contributed by atoms with Crippen molar-refractivity contribution in [3.63, 3.8) is 0 Å². The molecule has 5 nitrogen and oxygen atoms in total. The SMILES string of the molecule is CC(CO)(CO)N(CO)CO. The Labute approximate surface area is 65.5 Å². The Balaban J connectivity index is 4.19. The van der Waals surface area contributed by atoms with Crippen LogP contribution in [0.4, 0.5) is 0 Å². The quantitative estimate of drug-likeness (QED) is 0.352. The van der Waals surface area contributed by atoms with Crippen LogP contribution in [-0.2, 0) is 0 Å². The van der Waals surface area contributed by atoms with Gasteiger partial charge in [-0.25, -0.2) is 4.90 Å². The lowest BCUT2D eigenvalue weighted by atomic mass is 10.0. The lowest BCUT2D eigenvalue weighted by Crippen LogP contribution is -2.52. The van der Waals surface area contributed by atoms with E-state index in [0.717, 1.165) is 4.90 Å². The second-order valence-corrected chi connectivity index (χ2v) is 2.64. The van der Waals surface area contributed by atoms with Gasteiger partial charge in [-0.05, 0) is 6.92 Å². The monoisotopic (exact) mass is 165 g/mol. The topological polar surface area (TPSA) is 84.2 Å². The van der Waals surface area contributed by atoms with Crippen LogP contribution in [0.15, 0.2) is 0 Å². The molecule has 0 aliphatic rings. The predicted molar refractivity (Wildman–Crippen MR) is 38.6 cm³/mol. The summed E-state index contributed by atoms with van der Waals surface area (Å²) < 4.78 is 0. The standard InChI is InChI=1S/C6H15NO4/c1-6(2-8,3-9)7(4-10)5-11/h8-11H,2-5H2,1H3. The summed E-state index contributed by atoms with van der Waals surface area (Å²) in [5.41, 5.74) is -0.955. The second-order valence-electron chi connectivity index (χ2n) is 2.64. The molecule has 0 heterocycles. The van der Waals surface area contributed by atoms with Gasteiger partial charge in [-0.3, -0.25) is 0 Å². The molecule has 0 radical (unpaired) electrons. The Morgan fingerprint density at radius 3 is 1.45 bits per heavy atom. The Morgan fingerprint density at radius 1 is 1.00 bits per heavy atom. The number of hydrogen-bond donors (Lipinski definition) is 4. The first-order chi connectivity index (χ1) is 5.14.